The van der Waals surface area contributed by atoms with Crippen molar-refractivity contribution < 1.29 is 9.52 Å². The molecule has 1 fully saturated rings. The first kappa shape index (κ1) is 12.7. The molecule has 1 aliphatic rings. The quantitative estimate of drug-likeness (QED) is 0.861. The maximum Gasteiger partial charge on any atom is 0.138 e. The van der Waals surface area contributed by atoms with Gasteiger partial charge in [0, 0.05) is 10.9 Å². The second kappa shape index (κ2) is 4.11. The van der Waals surface area contributed by atoms with Gasteiger partial charge in [-0.15, -0.1) is 0 Å². The normalized spacial score (nSPS) is 17.9. The van der Waals surface area contributed by atoms with Crippen LogP contribution in [0.25, 0.3) is 11.0 Å². The van der Waals surface area contributed by atoms with E-state index < -0.39 is 6.10 Å². The van der Waals surface area contributed by atoms with Crippen molar-refractivity contribution in [2.75, 3.05) is 0 Å². The van der Waals surface area contributed by atoms with Gasteiger partial charge >= 0.3 is 0 Å². The molecular weight excluding hydrogens is 236 g/mol. The van der Waals surface area contributed by atoms with Crippen LogP contribution in [0.1, 0.15) is 56.6 Å². The van der Waals surface area contributed by atoms with Gasteiger partial charge in [0.05, 0.1) is 0 Å². The van der Waals surface area contributed by atoms with Crippen LogP contribution in [0.4, 0.5) is 0 Å². The third-order valence-corrected chi connectivity index (χ3v) is 3.95. The van der Waals surface area contributed by atoms with Gasteiger partial charge in [-0.05, 0) is 48.8 Å². The predicted molar refractivity (Wildman–Crippen MR) is 77.3 cm³/mol. The van der Waals surface area contributed by atoms with Gasteiger partial charge in [-0.3, -0.25) is 0 Å². The first-order chi connectivity index (χ1) is 8.86. The van der Waals surface area contributed by atoms with Gasteiger partial charge in [0.2, 0.25) is 0 Å². The zero-order valence-corrected chi connectivity index (χ0v) is 12.2. The fourth-order valence-electron chi connectivity index (χ4n) is 2.67. The number of aliphatic hydroxyl groups is 1. The smallest absolute Gasteiger partial charge is 0.138 e. The summed E-state index contributed by atoms with van der Waals surface area (Å²) in [5, 5.41) is 11.3. The van der Waals surface area contributed by atoms with E-state index in [1.165, 1.54) is 11.1 Å². The highest BCUT2D eigenvalue weighted by Gasteiger charge is 2.33. The molecule has 1 unspecified atom stereocenters. The second-order valence-corrected chi connectivity index (χ2v) is 6.91. The molecule has 1 heterocycles. The molecule has 102 valence electrons. The molecule has 1 aliphatic carbocycles. The van der Waals surface area contributed by atoms with Crippen LogP contribution in [-0.2, 0) is 5.41 Å². The fourth-order valence-corrected chi connectivity index (χ4v) is 2.67. The number of hydrogen-bond donors (Lipinski definition) is 1. The summed E-state index contributed by atoms with van der Waals surface area (Å²) in [7, 11) is 0. The van der Waals surface area contributed by atoms with E-state index in [0.29, 0.717) is 5.92 Å². The maximum atomic E-state index is 10.2. The molecule has 3 rings (SSSR count). The van der Waals surface area contributed by atoms with Crippen LogP contribution < -0.4 is 0 Å². The molecule has 0 amide bonds. The highest BCUT2D eigenvalue weighted by Crippen LogP contribution is 2.43. The minimum absolute atomic E-state index is 0.0456. The molecule has 2 nitrogen and oxygen atoms in total. The molecule has 0 aliphatic heterocycles. The number of hydrogen-bond acceptors (Lipinski definition) is 2. The van der Waals surface area contributed by atoms with Crippen molar-refractivity contribution in [3.63, 3.8) is 0 Å². The molecule has 0 spiro atoms. The number of rotatable bonds is 2. The van der Waals surface area contributed by atoms with E-state index in [1.807, 2.05) is 6.07 Å². The predicted octanol–water partition coefficient (Wildman–Crippen LogP) is 4.48. The van der Waals surface area contributed by atoms with E-state index >= 15 is 0 Å². The van der Waals surface area contributed by atoms with E-state index in [0.717, 1.165) is 29.6 Å². The van der Waals surface area contributed by atoms with Crippen molar-refractivity contribution in [2.24, 2.45) is 5.92 Å². The average molecular weight is 258 g/mol. The van der Waals surface area contributed by atoms with E-state index in [-0.39, 0.29) is 5.41 Å². The van der Waals surface area contributed by atoms with Crippen LogP contribution in [0, 0.1) is 12.8 Å². The summed E-state index contributed by atoms with van der Waals surface area (Å²) in [6, 6.07) is 6.34. The number of benzene rings is 1. The van der Waals surface area contributed by atoms with Crippen LogP contribution in [-0.4, -0.2) is 5.11 Å². The van der Waals surface area contributed by atoms with Crippen molar-refractivity contribution in [2.45, 2.75) is 52.1 Å². The number of furan rings is 1. The zero-order valence-electron chi connectivity index (χ0n) is 12.2. The molecule has 1 aromatic heterocycles. The molecule has 0 radical (unpaired) electrons. The molecule has 1 aromatic carbocycles. The SMILES string of the molecule is Cc1cc(C(C)(C)C)c2oc(C(O)C3CC3)cc2c1. The monoisotopic (exact) mass is 258 g/mol. The van der Waals surface area contributed by atoms with Gasteiger partial charge in [0.15, 0.2) is 0 Å². The minimum atomic E-state index is -0.430. The highest BCUT2D eigenvalue weighted by atomic mass is 16.4. The zero-order chi connectivity index (χ0) is 13.8. The Bertz CT molecular complexity index is 612. The highest BCUT2D eigenvalue weighted by molar-refractivity contribution is 5.83. The third kappa shape index (κ3) is 2.30. The summed E-state index contributed by atoms with van der Waals surface area (Å²) in [4.78, 5) is 0. The molecule has 2 aromatic rings. The first-order valence-corrected chi connectivity index (χ1v) is 7.09. The van der Waals surface area contributed by atoms with Crippen molar-refractivity contribution >= 4 is 11.0 Å². The van der Waals surface area contributed by atoms with Gasteiger partial charge < -0.3 is 9.52 Å². The largest absolute Gasteiger partial charge is 0.458 e. The Kier molecular flexibility index (Phi) is 2.75. The Morgan fingerprint density at radius 2 is 1.89 bits per heavy atom. The Hall–Kier alpha value is -1.28. The molecule has 1 N–H and O–H groups in total. The summed E-state index contributed by atoms with van der Waals surface area (Å²) in [6.45, 7) is 8.70. The number of aryl methyl sites for hydroxylation is 1. The Labute approximate surface area is 114 Å². The summed E-state index contributed by atoms with van der Waals surface area (Å²) in [5.74, 6) is 1.13. The minimum Gasteiger partial charge on any atom is -0.458 e. The fraction of sp³-hybridized carbons (Fsp3) is 0.529. The van der Waals surface area contributed by atoms with Gasteiger partial charge in [-0.1, -0.05) is 26.8 Å². The van der Waals surface area contributed by atoms with Crippen molar-refractivity contribution in [3.8, 4) is 0 Å². The van der Waals surface area contributed by atoms with Crippen LogP contribution in [0.3, 0.4) is 0 Å². The third-order valence-electron chi connectivity index (χ3n) is 3.95. The van der Waals surface area contributed by atoms with Crippen molar-refractivity contribution in [3.05, 3.63) is 35.1 Å². The Morgan fingerprint density at radius 3 is 2.47 bits per heavy atom. The van der Waals surface area contributed by atoms with Crippen LogP contribution in [0.2, 0.25) is 0 Å². The second-order valence-electron chi connectivity index (χ2n) is 6.91. The van der Waals surface area contributed by atoms with Crippen molar-refractivity contribution in [1.29, 1.82) is 0 Å². The van der Waals surface area contributed by atoms with E-state index in [2.05, 4.69) is 39.8 Å². The number of aliphatic hydroxyl groups excluding tert-OH is 1. The van der Waals surface area contributed by atoms with Gasteiger partial charge in [0.25, 0.3) is 0 Å². The summed E-state index contributed by atoms with van der Waals surface area (Å²) >= 11 is 0. The van der Waals surface area contributed by atoms with Crippen LogP contribution in [0.15, 0.2) is 22.6 Å². The molecule has 2 heteroatoms. The van der Waals surface area contributed by atoms with E-state index in [9.17, 15) is 5.11 Å². The molecular formula is C17H22O2. The average Bonchev–Trinajstić information content (AvgIpc) is 3.06. The first-order valence-electron chi connectivity index (χ1n) is 7.09. The van der Waals surface area contributed by atoms with Crippen LogP contribution >= 0.6 is 0 Å². The molecule has 1 atom stereocenters. The summed E-state index contributed by atoms with van der Waals surface area (Å²) in [5.41, 5.74) is 3.44. The van der Waals surface area contributed by atoms with Crippen molar-refractivity contribution in [1.82, 2.24) is 0 Å². The lowest BCUT2D eigenvalue weighted by molar-refractivity contribution is 0.129. The molecule has 1 saturated carbocycles. The molecule has 19 heavy (non-hydrogen) atoms. The summed E-state index contributed by atoms with van der Waals surface area (Å²) in [6.07, 6.45) is 1.80. The Balaban J connectivity index is 2.15. The van der Waals surface area contributed by atoms with E-state index in [1.54, 1.807) is 0 Å². The van der Waals surface area contributed by atoms with Crippen LogP contribution in [0.5, 0.6) is 0 Å². The lowest BCUT2D eigenvalue weighted by Gasteiger charge is -2.19. The lowest BCUT2D eigenvalue weighted by atomic mass is 9.85. The van der Waals surface area contributed by atoms with Gasteiger partial charge in [-0.2, -0.15) is 0 Å². The standard InChI is InChI=1S/C17H22O2/c1-10-7-12-9-14(15(18)11-5-6-11)19-16(12)13(8-10)17(2,3)4/h7-9,11,15,18H,5-6H2,1-4H3. The van der Waals surface area contributed by atoms with Gasteiger partial charge in [-0.25, -0.2) is 0 Å². The summed E-state index contributed by atoms with van der Waals surface area (Å²) < 4.78 is 5.99. The maximum absolute atomic E-state index is 10.2. The Morgan fingerprint density at radius 1 is 1.21 bits per heavy atom. The van der Waals surface area contributed by atoms with E-state index in [4.69, 9.17) is 4.42 Å². The lowest BCUT2D eigenvalue weighted by Crippen LogP contribution is -2.11. The molecule has 0 bridgehead atoms. The topological polar surface area (TPSA) is 33.4 Å². The van der Waals surface area contributed by atoms with Gasteiger partial charge in [0.1, 0.15) is 17.4 Å². The number of fused-ring (bicyclic) bond motifs is 1. The molecule has 0 saturated heterocycles.